The maximum atomic E-state index is 12.6. The minimum atomic E-state index is -0.408. The minimum absolute atomic E-state index is 0.211. The Morgan fingerprint density at radius 1 is 1.24 bits per heavy atom. The van der Waals surface area contributed by atoms with Crippen LogP contribution < -0.4 is 5.32 Å². The molecule has 0 aliphatic carbocycles. The molecule has 2 aromatic carbocycles. The van der Waals surface area contributed by atoms with E-state index >= 15 is 0 Å². The Morgan fingerprint density at radius 2 is 2.00 bits per heavy atom. The van der Waals surface area contributed by atoms with Crippen LogP contribution in [-0.2, 0) is 5.21 Å². The van der Waals surface area contributed by atoms with Crippen LogP contribution in [0.3, 0.4) is 0 Å². The fourth-order valence-electron chi connectivity index (χ4n) is 2.54. The van der Waals surface area contributed by atoms with Gasteiger partial charge < -0.3 is 5.32 Å². The van der Waals surface area contributed by atoms with E-state index in [4.69, 9.17) is 11.6 Å². The van der Waals surface area contributed by atoms with Gasteiger partial charge in [0.05, 0.1) is 18.3 Å². The van der Waals surface area contributed by atoms with Crippen molar-refractivity contribution in [2.24, 2.45) is 4.99 Å². The van der Waals surface area contributed by atoms with Crippen molar-refractivity contribution in [3.63, 3.8) is 0 Å². The number of rotatable bonds is 1. The van der Waals surface area contributed by atoms with E-state index < -0.39 is 6.04 Å². The fraction of sp³-hybridized carbons (Fsp3) is 0.188. The summed E-state index contributed by atoms with van der Waals surface area (Å²) in [6.45, 7) is 0.211. The summed E-state index contributed by atoms with van der Waals surface area (Å²) in [6.07, 6.45) is 0. The van der Waals surface area contributed by atoms with Crippen LogP contribution in [0.2, 0.25) is 5.02 Å². The molecule has 0 amide bonds. The molecular weight excluding hydrogens is 286 g/mol. The third-order valence-electron chi connectivity index (χ3n) is 3.54. The molecule has 2 aromatic rings. The number of amidine groups is 1. The van der Waals surface area contributed by atoms with Gasteiger partial charge in [-0.1, -0.05) is 41.9 Å². The first kappa shape index (κ1) is 14.1. The highest BCUT2D eigenvalue weighted by atomic mass is 35.5. The maximum absolute atomic E-state index is 12.6. The lowest BCUT2D eigenvalue weighted by Crippen LogP contribution is -2.34. The lowest BCUT2D eigenvalue weighted by Gasteiger charge is -2.23. The molecular formula is C16H15ClN3O. The maximum Gasteiger partial charge on any atom is 0.119 e. The zero-order valence-corrected chi connectivity index (χ0v) is 12.3. The standard InChI is InChI=1S/C16H15ClN3O/c1-18-15-10-20(21)16(11-5-3-2-4-6-11)13-9-12(17)7-8-14(13)19-15/h2-9,16H,10H2,1H3,(H,18,19). The molecule has 1 atom stereocenters. The second-order valence-electron chi connectivity index (χ2n) is 4.90. The largest absolute Gasteiger partial charge is 0.375 e. The van der Waals surface area contributed by atoms with Crippen LogP contribution in [-0.4, -0.2) is 24.5 Å². The van der Waals surface area contributed by atoms with Crippen LogP contribution in [0.4, 0.5) is 5.69 Å². The number of hydrogen-bond donors (Lipinski definition) is 1. The summed E-state index contributed by atoms with van der Waals surface area (Å²) in [7, 11) is 1.77. The first-order valence-corrected chi connectivity index (χ1v) is 7.10. The molecule has 0 spiro atoms. The number of nitrogens with zero attached hydrogens (tertiary/aromatic N) is 2. The van der Waals surface area contributed by atoms with Gasteiger partial charge in [-0.2, -0.15) is 0 Å². The van der Waals surface area contributed by atoms with E-state index in [2.05, 4.69) is 10.3 Å². The molecule has 1 N–H and O–H groups in total. The van der Waals surface area contributed by atoms with Gasteiger partial charge in [0.15, 0.2) is 0 Å². The van der Waals surface area contributed by atoms with E-state index in [0.29, 0.717) is 10.9 Å². The first-order chi connectivity index (χ1) is 10.2. The van der Waals surface area contributed by atoms with Crippen molar-refractivity contribution in [1.29, 1.82) is 0 Å². The molecule has 1 aliphatic heterocycles. The number of fused-ring (bicyclic) bond motifs is 1. The number of nitrogens with one attached hydrogen (secondary N) is 1. The van der Waals surface area contributed by atoms with Crippen LogP contribution in [0.1, 0.15) is 17.2 Å². The SMILES string of the molecule is CNC1=Nc2ccc(Cl)cc2C(c2ccccc2)N([O])C1. The molecule has 107 valence electrons. The van der Waals surface area contributed by atoms with Crippen molar-refractivity contribution in [3.05, 3.63) is 64.7 Å². The van der Waals surface area contributed by atoms with E-state index in [-0.39, 0.29) is 6.54 Å². The Hall–Kier alpha value is -1.88. The smallest absolute Gasteiger partial charge is 0.119 e. The van der Waals surface area contributed by atoms with Crippen LogP contribution >= 0.6 is 11.6 Å². The molecule has 3 rings (SSSR count). The van der Waals surface area contributed by atoms with E-state index in [1.54, 1.807) is 13.1 Å². The fourth-order valence-corrected chi connectivity index (χ4v) is 2.72. The molecule has 0 aromatic heterocycles. The van der Waals surface area contributed by atoms with Crippen molar-refractivity contribution in [3.8, 4) is 0 Å². The number of hydroxylamine groups is 2. The van der Waals surface area contributed by atoms with Gasteiger partial charge in [-0.15, -0.1) is 10.3 Å². The molecule has 0 bridgehead atoms. The molecule has 0 saturated carbocycles. The second-order valence-corrected chi connectivity index (χ2v) is 5.34. The lowest BCUT2D eigenvalue weighted by atomic mass is 9.97. The Labute approximate surface area is 128 Å². The molecule has 1 aliphatic rings. The predicted octanol–water partition coefficient (Wildman–Crippen LogP) is 3.34. The average molecular weight is 301 g/mol. The van der Waals surface area contributed by atoms with Crippen LogP contribution in [0.5, 0.6) is 0 Å². The van der Waals surface area contributed by atoms with Crippen LogP contribution in [0.25, 0.3) is 0 Å². The van der Waals surface area contributed by atoms with E-state index in [0.717, 1.165) is 21.9 Å². The molecule has 1 radical (unpaired) electrons. The van der Waals surface area contributed by atoms with Crippen molar-refractivity contribution in [1.82, 2.24) is 10.4 Å². The number of halogens is 1. The normalized spacial score (nSPS) is 18.6. The quantitative estimate of drug-likeness (QED) is 0.878. The van der Waals surface area contributed by atoms with Gasteiger partial charge in [0.25, 0.3) is 0 Å². The zero-order chi connectivity index (χ0) is 14.8. The third-order valence-corrected chi connectivity index (χ3v) is 3.77. The van der Waals surface area contributed by atoms with Crippen LogP contribution in [0, 0.1) is 0 Å². The highest BCUT2D eigenvalue weighted by molar-refractivity contribution is 6.30. The van der Waals surface area contributed by atoms with Gasteiger partial charge >= 0.3 is 0 Å². The summed E-state index contributed by atoms with van der Waals surface area (Å²) in [5.74, 6) is 0.645. The third kappa shape index (κ3) is 2.78. The van der Waals surface area contributed by atoms with E-state index in [1.165, 1.54) is 0 Å². The minimum Gasteiger partial charge on any atom is -0.375 e. The van der Waals surface area contributed by atoms with E-state index in [1.807, 2.05) is 42.5 Å². The Balaban J connectivity index is 2.17. The summed E-state index contributed by atoms with van der Waals surface area (Å²) in [6, 6.07) is 14.7. The second kappa shape index (κ2) is 5.85. The van der Waals surface area contributed by atoms with Crippen molar-refractivity contribution in [2.75, 3.05) is 13.6 Å². The van der Waals surface area contributed by atoms with E-state index in [9.17, 15) is 5.21 Å². The summed E-state index contributed by atoms with van der Waals surface area (Å²) >= 11 is 6.12. The molecule has 0 saturated heterocycles. The molecule has 1 heterocycles. The predicted molar refractivity (Wildman–Crippen MR) is 83.3 cm³/mol. The summed E-state index contributed by atoms with van der Waals surface area (Å²) < 4.78 is 0. The molecule has 5 heteroatoms. The molecule has 4 nitrogen and oxygen atoms in total. The van der Waals surface area contributed by atoms with Gasteiger partial charge in [-0.3, -0.25) is 0 Å². The lowest BCUT2D eigenvalue weighted by molar-refractivity contribution is -0.167. The molecule has 1 unspecified atom stereocenters. The number of benzene rings is 2. The summed E-state index contributed by atoms with van der Waals surface area (Å²) in [5, 5.41) is 17.2. The Bertz CT molecular complexity index is 672. The van der Waals surface area contributed by atoms with Gasteiger partial charge in [-0.25, -0.2) is 4.99 Å². The monoisotopic (exact) mass is 300 g/mol. The van der Waals surface area contributed by atoms with Crippen molar-refractivity contribution in [2.45, 2.75) is 6.04 Å². The van der Waals surface area contributed by atoms with Gasteiger partial charge in [0.1, 0.15) is 5.84 Å². The van der Waals surface area contributed by atoms with Gasteiger partial charge in [0, 0.05) is 17.6 Å². The summed E-state index contributed by atoms with van der Waals surface area (Å²) in [4.78, 5) is 4.53. The van der Waals surface area contributed by atoms with Gasteiger partial charge in [-0.05, 0) is 23.8 Å². The highest BCUT2D eigenvalue weighted by Crippen LogP contribution is 2.37. The Morgan fingerprint density at radius 3 is 2.71 bits per heavy atom. The van der Waals surface area contributed by atoms with Crippen LogP contribution in [0.15, 0.2) is 53.5 Å². The Kier molecular flexibility index (Phi) is 3.92. The molecule has 0 fully saturated rings. The van der Waals surface area contributed by atoms with Crippen molar-refractivity contribution < 1.29 is 5.21 Å². The summed E-state index contributed by atoms with van der Waals surface area (Å²) in [5.41, 5.74) is 2.54. The topological polar surface area (TPSA) is 47.5 Å². The molecule has 21 heavy (non-hydrogen) atoms. The number of aliphatic imine (C=N–C) groups is 1. The number of hydrogen-bond acceptors (Lipinski definition) is 3. The van der Waals surface area contributed by atoms with Crippen molar-refractivity contribution >= 4 is 23.1 Å². The number of likely N-dealkylation sites (N-methyl/N-ethyl adjacent to an activating group) is 1. The first-order valence-electron chi connectivity index (χ1n) is 6.72. The average Bonchev–Trinajstić information content (AvgIpc) is 2.63. The zero-order valence-electron chi connectivity index (χ0n) is 11.6. The van der Waals surface area contributed by atoms with Gasteiger partial charge in [0.2, 0.25) is 0 Å². The highest BCUT2D eigenvalue weighted by Gasteiger charge is 2.28.